The first-order valence-corrected chi connectivity index (χ1v) is 39.4. The fraction of sp³-hybridized carbons (Fsp3) is 0.818. The Kier molecular flexibility index (Phi) is 30.1. The number of rotatable bonds is 14. The predicted octanol–water partition coefficient (Wildman–Crippen LogP) is -3.32. The van der Waals surface area contributed by atoms with Gasteiger partial charge >= 0.3 is 47.8 Å². The summed E-state index contributed by atoms with van der Waals surface area (Å²) in [5.41, 5.74) is 0. The third-order valence-corrected chi connectivity index (χ3v) is 24.7. The second-order valence-electron chi connectivity index (χ2n) is 20.0. The SMILES string of the molecule is CC(C)OC(=O)C1OS(=O)(=O)CS(=O)(=O)OC1C(=O)OC(C)C.CCOC(=O)C1OS(=O)(=O)CS(=O)(=O)OC1C(=O)OCC.COC(=O)C1OS(=O)(=O)CS(=O)(=O)OC1C(=O)OC.O=C(OC1CCCCC1)C1OS(=O)(=O)CS(=O)(=O)OC1C(=O)OC1CCCCC1. The fourth-order valence-corrected chi connectivity index (χ4v) is 19.4. The Morgan fingerprint density at radius 1 is 0.315 bits per heavy atom. The van der Waals surface area contributed by atoms with Crippen LogP contribution in [0.2, 0.25) is 0 Å². The molecule has 40 nitrogen and oxygen atoms in total. The van der Waals surface area contributed by atoms with E-state index in [0.29, 0.717) is 25.7 Å². The number of esters is 8. The van der Waals surface area contributed by atoms with Crippen molar-refractivity contribution >= 4 is 129 Å². The molecule has 0 N–H and O–H groups in total. The highest BCUT2D eigenvalue weighted by Gasteiger charge is 2.53. The molecule has 6 aliphatic rings. The minimum absolute atomic E-state index is 0.138. The number of hydrogen-bond acceptors (Lipinski definition) is 40. The normalized spacial score (nSPS) is 28.5. The molecule has 532 valence electrons. The quantitative estimate of drug-likeness (QED) is 0.0933. The average molecular weight is 1490 g/mol. The molecule has 0 amide bonds. The lowest BCUT2D eigenvalue weighted by Crippen LogP contribution is -2.47. The molecule has 4 heterocycles. The standard InChI is InChI=1S/C17H26O10S2.C11H18O10S2.C9H14O10S2.C7H10O10S2/c18-16(24-12-7-3-1-4-8-12)14-15(17(19)25-13-9-5-2-6-10-13)27-29(22,23)11-28(20,21)26-14;1-6(2)18-10(12)8-9(11(13)19-7(3)4)21-23(16,17)5-22(14,15)20-8;1-3-16-8(10)6-7(9(11)17-4-2)19-21(14,15)5-20(12,13)18-6;1-14-6(8)4-5(7(9)15-2)17-19(12,13)3-18(10,11)16-4/h12-15H,1-11H2;6-9H,5H2,1-4H3;6-7H,3-5H2,1-2H3;4-5H,3H2,1-2H3. The van der Waals surface area contributed by atoms with Crippen LogP contribution in [0.1, 0.15) is 106 Å². The molecule has 4 saturated heterocycles. The Bertz CT molecular complexity index is 3360. The summed E-state index contributed by atoms with van der Waals surface area (Å²) < 4.78 is 260. The molecule has 0 spiro atoms. The van der Waals surface area contributed by atoms with E-state index >= 15 is 0 Å². The van der Waals surface area contributed by atoms with Gasteiger partial charge in [-0.1, -0.05) is 12.8 Å². The molecule has 92 heavy (non-hydrogen) atoms. The molecule has 6 rings (SSSR count). The van der Waals surface area contributed by atoms with E-state index in [-0.39, 0.29) is 13.2 Å². The van der Waals surface area contributed by atoms with Crippen molar-refractivity contribution in [1.82, 2.24) is 0 Å². The minimum atomic E-state index is -4.68. The van der Waals surface area contributed by atoms with Crippen LogP contribution in [-0.2, 0) is 191 Å². The van der Waals surface area contributed by atoms with E-state index in [2.05, 4.69) is 44.0 Å². The van der Waals surface area contributed by atoms with Gasteiger partial charge in [0.15, 0.2) is 0 Å². The lowest BCUT2D eigenvalue weighted by molar-refractivity contribution is -0.175. The van der Waals surface area contributed by atoms with Crippen molar-refractivity contribution < 1.29 is 177 Å². The Labute approximate surface area is 529 Å². The molecule has 0 radical (unpaired) electrons. The Hall–Kier alpha value is -4.96. The lowest BCUT2D eigenvalue weighted by Gasteiger charge is -2.27. The zero-order valence-electron chi connectivity index (χ0n) is 49.8. The van der Waals surface area contributed by atoms with Crippen molar-refractivity contribution in [2.45, 2.75) is 179 Å². The number of carbonyl (C=O) groups excluding carboxylic acids is 8. The first-order chi connectivity index (χ1) is 42.2. The molecule has 2 saturated carbocycles. The van der Waals surface area contributed by atoms with Crippen LogP contribution in [0.3, 0.4) is 0 Å². The molecule has 4 aliphatic heterocycles. The maximum Gasteiger partial charge on any atom is 0.340 e. The summed E-state index contributed by atoms with van der Waals surface area (Å²) in [4.78, 5) is 95.3. The maximum atomic E-state index is 12.6. The van der Waals surface area contributed by atoms with Gasteiger partial charge in [0.2, 0.25) is 69.2 Å². The summed E-state index contributed by atoms with van der Waals surface area (Å²) in [6.07, 6.45) is -11.2. The van der Waals surface area contributed by atoms with Gasteiger partial charge in [-0.2, -0.15) is 67.3 Å². The van der Waals surface area contributed by atoms with Crippen molar-refractivity contribution in [1.29, 1.82) is 0 Å². The molecule has 6 fully saturated rings. The van der Waals surface area contributed by atoms with Gasteiger partial charge in [-0.25, -0.2) is 38.4 Å². The van der Waals surface area contributed by atoms with Crippen LogP contribution >= 0.6 is 0 Å². The molecular weight excluding hydrogens is 1420 g/mol. The summed E-state index contributed by atoms with van der Waals surface area (Å²) in [6.45, 7) is 8.48. The van der Waals surface area contributed by atoms with Crippen molar-refractivity contribution in [2.75, 3.05) is 47.8 Å². The topological polar surface area (TPSA) is 557 Å². The van der Waals surface area contributed by atoms with E-state index in [4.69, 9.17) is 27.3 Å². The first-order valence-electron chi connectivity index (χ1n) is 26.8. The Morgan fingerprint density at radius 3 is 0.707 bits per heavy atom. The number of hydrogen-bond donors (Lipinski definition) is 0. The Morgan fingerprint density at radius 2 is 0.511 bits per heavy atom. The summed E-state index contributed by atoms with van der Waals surface area (Å²) in [5.74, 6) is -9.91. The van der Waals surface area contributed by atoms with Gasteiger partial charge in [0.25, 0.3) is 80.9 Å². The van der Waals surface area contributed by atoms with Crippen LogP contribution < -0.4 is 0 Å². The molecule has 8 atom stereocenters. The van der Waals surface area contributed by atoms with Gasteiger partial charge in [-0.3, -0.25) is 33.5 Å². The van der Waals surface area contributed by atoms with Crippen molar-refractivity contribution in [3.8, 4) is 0 Å². The van der Waals surface area contributed by atoms with Crippen LogP contribution in [0.5, 0.6) is 0 Å². The number of ether oxygens (including phenoxy) is 8. The second-order valence-corrected chi connectivity index (χ2v) is 34.2. The summed E-state index contributed by atoms with van der Waals surface area (Å²) in [6, 6.07) is 0. The van der Waals surface area contributed by atoms with Crippen molar-refractivity contribution in [3.63, 3.8) is 0 Å². The zero-order chi connectivity index (χ0) is 70.2. The molecule has 8 unspecified atom stereocenters. The van der Waals surface area contributed by atoms with E-state index in [1.165, 1.54) is 41.5 Å². The van der Waals surface area contributed by atoms with Gasteiger partial charge in [0, 0.05) is 0 Å². The van der Waals surface area contributed by atoms with Gasteiger partial charge in [0.1, 0.15) is 12.2 Å². The van der Waals surface area contributed by atoms with Crippen LogP contribution in [-0.4, -0.2) is 236 Å². The van der Waals surface area contributed by atoms with Crippen molar-refractivity contribution in [2.24, 2.45) is 0 Å². The largest absolute Gasteiger partial charge is 0.467 e. The van der Waals surface area contributed by atoms with E-state index < -0.39 is 222 Å². The minimum Gasteiger partial charge on any atom is -0.467 e. The Balaban J connectivity index is 0.000000325. The molecule has 0 aromatic carbocycles. The van der Waals surface area contributed by atoms with Crippen LogP contribution in [0.15, 0.2) is 0 Å². The fourth-order valence-electron chi connectivity index (χ4n) is 8.01. The summed E-state index contributed by atoms with van der Waals surface area (Å²) in [7, 11) is -35.5. The zero-order valence-corrected chi connectivity index (χ0v) is 56.4. The summed E-state index contributed by atoms with van der Waals surface area (Å²) in [5, 5.41) is -6.08. The number of carbonyl (C=O) groups is 8. The van der Waals surface area contributed by atoms with E-state index in [9.17, 15) is 106 Å². The molecule has 0 aromatic rings. The highest BCUT2D eigenvalue weighted by Crippen LogP contribution is 2.29. The van der Waals surface area contributed by atoms with Crippen LogP contribution in [0.4, 0.5) is 0 Å². The maximum absolute atomic E-state index is 12.6. The van der Waals surface area contributed by atoms with Gasteiger partial charge in [-0.15, -0.1) is 0 Å². The third-order valence-electron chi connectivity index (χ3n) is 11.5. The molecule has 48 heteroatoms. The highest BCUT2D eigenvalue weighted by atomic mass is 32.3. The molecule has 0 bridgehead atoms. The van der Waals surface area contributed by atoms with E-state index in [0.717, 1.165) is 52.7 Å². The summed E-state index contributed by atoms with van der Waals surface area (Å²) >= 11 is 0. The van der Waals surface area contributed by atoms with Crippen LogP contribution in [0, 0.1) is 0 Å². The van der Waals surface area contributed by atoms with E-state index in [1.54, 1.807) is 0 Å². The molecular formula is C44H68O40S8. The third kappa shape index (κ3) is 27.0. The van der Waals surface area contributed by atoms with E-state index in [1.807, 2.05) is 0 Å². The number of methoxy groups -OCH3 is 2. The van der Waals surface area contributed by atoms with Gasteiger partial charge < -0.3 is 37.9 Å². The average Bonchev–Trinajstić information content (AvgIpc) is 1.66. The smallest absolute Gasteiger partial charge is 0.340 e. The predicted molar refractivity (Wildman–Crippen MR) is 295 cm³/mol. The van der Waals surface area contributed by atoms with Crippen LogP contribution in [0.25, 0.3) is 0 Å². The monoisotopic (exact) mass is 1490 g/mol. The molecule has 2 aliphatic carbocycles. The first kappa shape index (κ1) is 81.3. The lowest BCUT2D eigenvalue weighted by atomic mass is 9.97. The second kappa shape index (κ2) is 34.1. The van der Waals surface area contributed by atoms with Crippen molar-refractivity contribution in [3.05, 3.63) is 0 Å². The van der Waals surface area contributed by atoms with Gasteiger partial charge in [-0.05, 0) is 92.9 Å². The van der Waals surface area contributed by atoms with Gasteiger partial charge in [0.05, 0.1) is 39.6 Å². The molecule has 0 aromatic heterocycles. The highest BCUT2D eigenvalue weighted by molar-refractivity contribution is 8.05.